The van der Waals surface area contributed by atoms with E-state index in [1.54, 1.807) is 13.1 Å². The molecule has 0 aromatic heterocycles. The van der Waals surface area contributed by atoms with Gasteiger partial charge < -0.3 is 15.4 Å². The van der Waals surface area contributed by atoms with Crippen molar-refractivity contribution < 1.29 is 17.9 Å². The standard InChI is InChI=1S/C16H22BrF3N4O/c1-21-15(22-4-5-24-6-8-25-9-7-24)23-11-12-2-3-13(17)10-14(12)16(18,19)20/h2-3,10H,4-9,11H2,1H3,(H2,21,22,23). The van der Waals surface area contributed by atoms with Gasteiger partial charge in [0.25, 0.3) is 0 Å². The quantitative estimate of drug-likeness (QED) is 0.565. The van der Waals surface area contributed by atoms with Gasteiger partial charge in [-0.25, -0.2) is 0 Å². The maximum Gasteiger partial charge on any atom is 0.416 e. The molecule has 0 unspecified atom stereocenters. The first-order valence-electron chi connectivity index (χ1n) is 8.00. The van der Waals surface area contributed by atoms with Gasteiger partial charge in [0.15, 0.2) is 5.96 Å². The van der Waals surface area contributed by atoms with E-state index in [-0.39, 0.29) is 12.1 Å². The van der Waals surface area contributed by atoms with Crippen LogP contribution in [0.25, 0.3) is 0 Å². The van der Waals surface area contributed by atoms with Crippen LogP contribution in [0.5, 0.6) is 0 Å². The third-order valence-corrected chi connectivity index (χ3v) is 4.36. The maximum absolute atomic E-state index is 13.1. The molecule has 25 heavy (non-hydrogen) atoms. The lowest BCUT2D eigenvalue weighted by Crippen LogP contribution is -2.44. The fourth-order valence-electron chi connectivity index (χ4n) is 2.52. The number of morpholine rings is 1. The van der Waals surface area contributed by atoms with Gasteiger partial charge in [0.1, 0.15) is 0 Å². The number of guanidine groups is 1. The second-order valence-electron chi connectivity index (χ2n) is 5.61. The maximum atomic E-state index is 13.1. The van der Waals surface area contributed by atoms with E-state index in [1.165, 1.54) is 6.07 Å². The first kappa shape index (κ1) is 20.0. The molecule has 1 heterocycles. The topological polar surface area (TPSA) is 48.9 Å². The molecule has 1 aliphatic rings. The van der Waals surface area contributed by atoms with Crippen LogP contribution in [0.2, 0.25) is 0 Å². The van der Waals surface area contributed by atoms with Crippen molar-refractivity contribution in [2.75, 3.05) is 46.4 Å². The van der Waals surface area contributed by atoms with Gasteiger partial charge >= 0.3 is 6.18 Å². The SMILES string of the molecule is CN=C(NCCN1CCOCC1)NCc1ccc(Br)cc1C(F)(F)F. The van der Waals surface area contributed by atoms with E-state index < -0.39 is 11.7 Å². The molecule has 5 nitrogen and oxygen atoms in total. The number of ether oxygens (including phenoxy) is 1. The number of nitrogens with zero attached hydrogens (tertiary/aromatic N) is 2. The van der Waals surface area contributed by atoms with Crippen LogP contribution in [-0.2, 0) is 17.5 Å². The highest BCUT2D eigenvalue weighted by molar-refractivity contribution is 9.10. The normalized spacial score (nSPS) is 16.8. The third kappa shape index (κ3) is 6.48. The van der Waals surface area contributed by atoms with Gasteiger partial charge in [0, 0.05) is 44.2 Å². The molecule has 9 heteroatoms. The number of aliphatic imine (C=N–C) groups is 1. The molecule has 0 aliphatic carbocycles. The first-order valence-corrected chi connectivity index (χ1v) is 8.79. The highest BCUT2D eigenvalue weighted by atomic mass is 79.9. The van der Waals surface area contributed by atoms with E-state index in [4.69, 9.17) is 4.74 Å². The monoisotopic (exact) mass is 422 g/mol. The lowest BCUT2D eigenvalue weighted by atomic mass is 10.1. The van der Waals surface area contributed by atoms with E-state index in [0.717, 1.165) is 38.9 Å². The van der Waals surface area contributed by atoms with Crippen LogP contribution in [-0.4, -0.2) is 57.3 Å². The Kier molecular flexibility index (Phi) is 7.52. The van der Waals surface area contributed by atoms with Crippen molar-refractivity contribution in [3.63, 3.8) is 0 Å². The van der Waals surface area contributed by atoms with Crippen LogP contribution in [0.4, 0.5) is 13.2 Å². The number of rotatable bonds is 5. The Labute approximate surface area is 153 Å². The van der Waals surface area contributed by atoms with Gasteiger partial charge in [-0.15, -0.1) is 0 Å². The summed E-state index contributed by atoms with van der Waals surface area (Å²) in [7, 11) is 1.59. The Bertz CT molecular complexity index is 589. The van der Waals surface area contributed by atoms with Crippen molar-refractivity contribution in [3.8, 4) is 0 Å². The number of halogens is 4. The van der Waals surface area contributed by atoms with Crippen molar-refractivity contribution in [3.05, 3.63) is 33.8 Å². The molecule has 1 aromatic rings. The largest absolute Gasteiger partial charge is 0.416 e. The Balaban J connectivity index is 1.86. The Hall–Kier alpha value is -1.32. The van der Waals surface area contributed by atoms with Gasteiger partial charge in [0.2, 0.25) is 0 Å². The summed E-state index contributed by atoms with van der Waals surface area (Å²) >= 11 is 3.08. The van der Waals surface area contributed by atoms with Gasteiger partial charge in [-0.05, 0) is 17.7 Å². The van der Waals surface area contributed by atoms with E-state index in [1.807, 2.05) is 0 Å². The van der Waals surface area contributed by atoms with E-state index in [0.29, 0.717) is 17.0 Å². The minimum atomic E-state index is -4.39. The third-order valence-electron chi connectivity index (χ3n) is 3.87. The van der Waals surface area contributed by atoms with E-state index >= 15 is 0 Å². The summed E-state index contributed by atoms with van der Waals surface area (Å²) in [5, 5.41) is 6.06. The van der Waals surface area contributed by atoms with Crippen molar-refractivity contribution >= 4 is 21.9 Å². The van der Waals surface area contributed by atoms with Gasteiger partial charge in [-0.1, -0.05) is 22.0 Å². The molecule has 0 spiro atoms. The summed E-state index contributed by atoms with van der Waals surface area (Å²) in [5.41, 5.74) is -0.482. The lowest BCUT2D eigenvalue weighted by molar-refractivity contribution is -0.138. The van der Waals surface area contributed by atoms with Gasteiger partial charge in [-0.3, -0.25) is 9.89 Å². The Morgan fingerprint density at radius 2 is 2.00 bits per heavy atom. The number of benzene rings is 1. The summed E-state index contributed by atoms with van der Waals surface area (Å²) in [6.07, 6.45) is -4.39. The zero-order valence-electron chi connectivity index (χ0n) is 14.0. The fourth-order valence-corrected chi connectivity index (χ4v) is 2.88. The fraction of sp³-hybridized carbons (Fsp3) is 0.562. The number of nitrogens with one attached hydrogen (secondary N) is 2. The number of alkyl halides is 3. The van der Waals surface area contributed by atoms with Crippen LogP contribution >= 0.6 is 15.9 Å². The molecule has 1 aliphatic heterocycles. The van der Waals surface area contributed by atoms with Crippen LogP contribution in [0.15, 0.2) is 27.7 Å². The summed E-state index contributed by atoms with van der Waals surface area (Å²) in [4.78, 5) is 6.32. The minimum absolute atomic E-state index is 0.0410. The molecule has 0 saturated carbocycles. The average Bonchev–Trinajstić information content (AvgIpc) is 2.59. The molecule has 2 rings (SSSR count). The van der Waals surface area contributed by atoms with Crippen molar-refractivity contribution in [2.24, 2.45) is 4.99 Å². The molecule has 1 saturated heterocycles. The van der Waals surface area contributed by atoms with Crippen LogP contribution < -0.4 is 10.6 Å². The molecule has 0 radical (unpaired) electrons. The summed E-state index contributed by atoms with van der Waals surface area (Å²) in [6, 6.07) is 4.15. The lowest BCUT2D eigenvalue weighted by Gasteiger charge is -2.26. The van der Waals surface area contributed by atoms with Gasteiger partial charge in [0.05, 0.1) is 18.8 Å². The molecular weight excluding hydrogens is 401 g/mol. The van der Waals surface area contributed by atoms with Crippen molar-refractivity contribution in [2.45, 2.75) is 12.7 Å². The minimum Gasteiger partial charge on any atom is -0.379 e. The highest BCUT2D eigenvalue weighted by Gasteiger charge is 2.33. The first-order chi connectivity index (χ1) is 11.9. The number of hydrogen-bond acceptors (Lipinski definition) is 3. The smallest absolute Gasteiger partial charge is 0.379 e. The average molecular weight is 423 g/mol. The molecule has 1 fully saturated rings. The van der Waals surface area contributed by atoms with Crippen LogP contribution in [0, 0.1) is 0 Å². The Morgan fingerprint density at radius 3 is 2.64 bits per heavy atom. The predicted molar refractivity (Wildman–Crippen MR) is 94.6 cm³/mol. The van der Waals surface area contributed by atoms with E-state index in [2.05, 4.69) is 36.5 Å². The number of hydrogen-bond donors (Lipinski definition) is 2. The van der Waals surface area contributed by atoms with Crippen molar-refractivity contribution in [1.29, 1.82) is 0 Å². The molecular formula is C16H22BrF3N4O. The summed E-state index contributed by atoms with van der Waals surface area (Å²) in [5.74, 6) is 0.476. The van der Waals surface area contributed by atoms with Gasteiger partial charge in [-0.2, -0.15) is 13.2 Å². The summed E-state index contributed by atoms with van der Waals surface area (Å²) < 4.78 is 45.1. The van der Waals surface area contributed by atoms with E-state index in [9.17, 15) is 13.2 Å². The highest BCUT2D eigenvalue weighted by Crippen LogP contribution is 2.33. The zero-order chi connectivity index (χ0) is 18.3. The molecule has 0 bridgehead atoms. The second kappa shape index (κ2) is 9.40. The molecule has 0 atom stereocenters. The second-order valence-corrected chi connectivity index (χ2v) is 6.52. The Morgan fingerprint density at radius 1 is 1.28 bits per heavy atom. The predicted octanol–water partition coefficient (Wildman–Crippen LogP) is 2.47. The van der Waals surface area contributed by atoms with Crippen LogP contribution in [0.1, 0.15) is 11.1 Å². The molecule has 1 aromatic carbocycles. The summed E-state index contributed by atoms with van der Waals surface area (Å²) in [6.45, 7) is 4.78. The molecule has 140 valence electrons. The zero-order valence-corrected chi connectivity index (χ0v) is 15.6. The molecule has 2 N–H and O–H groups in total. The van der Waals surface area contributed by atoms with Crippen LogP contribution in [0.3, 0.4) is 0 Å². The van der Waals surface area contributed by atoms with Crippen molar-refractivity contribution in [1.82, 2.24) is 15.5 Å². The molecule has 0 amide bonds.